The Hall–Kier alpha value is -0.160. The molecule has 2 rings (SSSR count). The second-order valence-corrected chi connectivity index (χ2v) is 6.30. The third-order valence-electron chi connectivity index (χ3n) is 4.85. The van der Waals surface area contributed by atoms with Crippen LogP contribution in [0.15, 0.2) is 0 Å². The first-order valence-electron chi connectivity index (χ1n) is 7.80. The minimum Gasteiger partial charge on any atom is -0.391 e. The SMILES string of the molecule is COCCN1C(C)CN(C2CCCCC2O)CC1C. The van der Waals surface area contributed by atoms with E-state index in [-0.39, 0.29) is 6.10 Å². The third-order valence-corrected chi connectivity index (χ3v) is 4.85. The maximum Gasteiger partial charge on any atom is 0.0695 e. The first-order valence-corrected chi connectivity index (χ1v) is 7.80. The molecule has 0 bridgehead atoms. The van der Waals surface area contributed by atoms with Crippen molar-refractivity contribution in [1.29, 1.82) is 0 Å². The van der Waals surface area contributed by atoms with E-state index in [2.05, 4.69) is 23.6 Å². The molecule has 1 saturated heterocycles. The van der Waals surface area contributed by atoms with Crippen molar-refractivity contribution in [3.8, 4) is 0 Å². The maximum atomic E-state index is 10.2. The second-order valence-electron chi connectivity index (χ2n) is 6.30. The Balaban J connectivity index is 1.92. The average Bonchev–Trinajstić information content (AvgIpc) is 2.38. The largest absolute Gasteiger partial charge is 0.391 e. The van der Waals surface area contributed by atoms with Crippen LogP contribution < -0.4 is 0 Å². The van der Waals surface area contributed by atoms with Crippen LogP contribution in [0.4, 0.5) is 0 Å². The highest BCUT2D eigenvalue weighted by atomic mass is 16.5. The Labute approximate surface area is 117 Å². The Bertz CT molecular complexity index is 263. The quantitative estimate of drug-likeness (QED) is 0.836. The van der Waals surface area contributed by atoms with Gasteiger partial charge < -0.3 is 9.84 Å². The molecule has 1 saturated carbocycles. The zero-order chi connectivity index (χ0) is 13.8. The van der Waals surface area contributed by atoms with Crippen molar-refractivity contribution in [1.82, 2.24) is 9.80 Å². The lowest BCUT2D eigenvalue weighted by Crippen LogP contribution is -2.61. The van der Waals surface area contributed by atoms with Crippen LogP contribution in [0.3, 0.4) is 0 Å². The van der Waals surface area contributed by atoms with Crippen molar-refractivity contribution in [3.05, 3.63) is 0 Å². The standard InChI is InChI=1S/C15H30N2O2/c1-12-10-16(14-6-4-5-7-15(14)18)11-13(2)17(12)8-9-19-3/h12-15,18H,4-11H2,1-3H3. The lowest BCUT2D eigenvalue weighted by atomic mass is 9.90. The summed E-state index contributed by atoms with van der Waals surface area (Å²) < 4.78 is 5.21. The van der Waals surface area contributed by atoms with E-state index in [9.17, 15) is 5.11 Å². The summed E-state index contributed by atoms with van der Waals surface area (Å²) in [5.41, 5.74) is 0. The second kappa shape index (κ2) is 7.02. The van der Waals surface area contributed by atoms with Crippen LogP contribution in [0.25, 0.3) is 0 Å². The first kappa shape index (κ1) is 15.2. The van der Waals surface area contributed by atoms with Crippen LogP contribution in [0.1, 0.15) is 39.5 Å². The van der Waals surface area contributed by atoms with Gasteiger partial charge in [-0.05, 0) is 26.7 Å². The summed E-state index contributed by atoms with van der Waals surface area (Å²) >= 11 is 0. The Morgan fingerprint density at radius 1 is 1.11 bits per heavy atom. The fraction of sp³-hybridized carbons (Fsp3) is 1.00. The zero-order valence-electron chi connectivity index (χ0n) is 12.7. The van der Waals surface area contributed by atoms with E-state index in [0.29, 0.717) is 18.1 Å². The van der Waals surface area contributed by atoms with Crippen LogP contribution in [0.5, 0.6) is 0 Å². The van der Waals surface area contributed by atoms with Gasteiger partial charge in [0.15, 0.2) is 0 Å². The predicted molar refractivity (Wildman–Crippen MR) is 77.3 cm³/mol. The number of rotatable bonds is 4. The number of hydrogen-bond donors (Lipinski definition) is 1. The van der Waals surface area contributed by atoms with E-state index in [1.807, 2.05) is 0 Å². The van der Waals surface area contributed by atoms with Gasteiger partial charge in [0.1, 0.15) is 0 Å². The summed E-state index contributed by atoms with van der Waals surface area (Å²) in [6, 6.07) is 1.49. The Morgan fingerprint density at radius 2 is 1.74 bits per heavy atom. The number of methoxy groups -OCH3 is 1. The van der Waals surface area contributed by atoms with Crippen LogP contribution in [0.2, 0.25) is 0 Å². The molecule has 4 heteroatoms. The molecule has 1 aliphatic heterocycles. The van der Waals surface area contributed by atoms with E-state index in [1.165, 1.54) is 19.3 Å². The van der Waals surface area contributed by atoms with Crippen LogP contribution >= 0.6 is 0 Å². The highest BCUT2D eigenvalue weighted by Crippen LogP contribution is 2.26. The summed E-state index contributed by atoms with van der Waals surface area (Å²) in [6.45, 7) is 8.58. The summed E-state index contributed by atoms with van der Waals surface area (Å²) in [5, 5.41) is 10.2. The third kappa shape index (κ3) is 3.69. The average molecular weight is 270 g/mol. The molecule has 0 amide bonds. The van der Waals surface area contributed by atoms with Gasteiger partial charge in [0, 0.05) is 44.9 Å². The molecule has 1 aliphatic carbocycles. The number of aliphatic hydroxyl groups excluding tert-OH is 1. The van der Waals surface area contributed by atoms with Gasteiger partial charge >= 0.3 is 0 Å². The first-order chi connectivity index (χ1) is 9.13. The van der Waals surface area contributed by atoms with E-state index in [4.69, 9.17) is 4.74 Å². The van der Waals surface area contributed by atoms with Crippen molar-refractivity contribution in [3.63, 3.8) is 0 Å². The van der Waals surface area contributed by atoms with Gasteiger partial charge in [0.2, 0.25) is 0 Å². The van der Waals surface area contributed by atoms with Gasteiger partial charge in [-0.2, -0.15) is 0 Å². The molecule has 4 atom stereocenters. The normalized spacial score (nSPS) is 38.5. The summed E-state index contributed by atoms with van der Waals surface area (Å²) in [5.74, 6) is 0. The van der Waals surface area contributed by atoms with E-state index < -0.39 is 0 Å². The van der Waals surface area contributed by atoms with Gasteiger partial charge in [0.25, 0.3) is 0 Å². The molecule has 0 aromatic heterocycles. The molecular weight excluding hydrogens is 240 g/mol. The Kier molecular flexibility index (Phi) is 5.63. The monoisotopic (exact) mass is 270 g/mol. The molecule has 112 valence electrons. The summed E-state index contributed by atoms with van der Waals surface area (Å²) in [4.78, 5) is 5.07. The molecule has 0 spiro atoms. The van der Waals surface area contributed by atoms with Gasteiger partial charge in [-0.1, -0.05) is 12.8 Å². The smallest absolute Gasteiger partial charge is 0.0695 e. The lowest BCUT2D eigenvalue weighted by Gasteiger charge is -2.49. The molecule has 2 aliphatic rings. The zero-order valence-corrected chi connectivity index (χ0v) is 12.7. The van der Waals surface area contributed by atoms with E-state index >= 15 is 0 Å². The number of hydrogen-bond acceptors (Lipinski definition) is 4. The molecule has 19 heavy (non-hydrogen) atoms. The van der Waals surface area contributed by atoms with E-state index in [1.54, 1.807) is 7.11 Å². The molecule has 1 heterocycles. The molecule has 0 aromatic rings. The van der Waals surface area contributed by atoms with E-state index in [0.717, 1.165) is 32.7 Å². The van der Waals surface area contributed by atoms with Gasteiger partial charge in [-0.25, -0.2) is 0 Å². The van der Waals surface area contributed by atoms with Crippen molar-refractivity contribution in [2.75, 3.05) is 33.4 Å². The molecule has 1 N–H and O–H groups in total. The van der Waals surface area contributed by atoms with Gasteiger partial charge in [-0.3, -0.25) is 9.80 Å². The molecule has 2 fully saturated rings. The van der Waals surface area contributed by atoms with Crippen molar-refractivity contribution >= 4 is 0 Å². The van der Waals surface area contributed by atoms with Crippen LogP contribution in [-0.2, 0) is 4.74 Å². The minimum absolute atomic E-state index is 0.112. The molecular formula is C15H30N2O2. The number of ether oxygens (including phenoxy) is 1. The summed E-state index contributed by atoms with van der Waals surface area (Å²) in [7, 11) is 1.77. The van der Waals surface area contributed by atoms with Crippen LogP contribution in [0, 0.1) is 0 Å². The highest BCUT2D eigenvalue weighted by Gasteiger charge is 2.36. The fourth-order valence-electron chi connectivity index (χ4n) is 3.82. The maximum absolute atomic E-state index is 10.2. The Morgan fingerprint density at radius 3 is 2.32 bits per heavy atom. The van der Waals surface area contributed by atoms with Gasteiger partial charge in [-0.15, -0.1) is 0 Å². The molecule has 4 nitrogen and oxygen atoms in total. The van der Waals surface area contributed by atoms with Crippen LogP contribution in [-0.4, -0.2) is 72.5 Å². The van der Waals surface area contributed by atoms with Gasteiger partial charge in [0.05, 0.1) is 12.7 Å². The number of nitrogens with zero attached hydrogens (tertiary/aromatic N) is 2. The van der Waals surface area contributed by atoms with Crippen molar-refractivity contribution in [2.45, 2.75) is 63.8 Å². The van der Waals surface area contributed by atoms with Crippen molar-refractivity contribution < 1.29 is 9.84 Å². The lowest BCUT2D eigenvalue weighted by molar-refractivity contribution is -0.0425. The molecule has 0 aromatic carbocycles. The van der Waals surface area contributed by atoms with Crippen molar-refractivity contribution in [2.24, 2.45) is 0 Å². The minimum atomic E-state index is -0.112. The molecule has 0 radical (unpaired) electrons. The topological polar surface area (TPSA) is 35.9 Å². The predicted octanol–water partition coefficient (Wildman–Crippen LogP) is 1.33. The summed E-state index contributed by atoms with van der Waals surface area (Å²) in [6.07, 6.45) is 4.50. The number of piperazine rings is 1. The number of aliphatic hydroxyl groups is 1. The fourth-order valence-corrected chi connectivity index (χ4v) is 3.82. The highest BCUT2D eigenvalue weighted by molar-refractivity contribution is 4.91. The molecule has 4 unspecified atom stereocenters.